The van der Waals surface area contributed by atoms with Gasteiger partial charge in [0.15, 0.2) is 0 Å². The first-order valence-corrected chi connectivity index (χ1v) is 6.40. The quantitative estimate of drug-likeness (QED) is 0.261. The molecule has 0 heterocycles. The summed E-state index contributed by atoms with van der Waals surface area (Å²) in [7, 11) is 0. The highest BCUT2D eigenvalue weighted by Gasteiger charge is 2.15. The van der Waals surface area contributed by atoms with Gasteiger partial charge in [0, 0.05) is 12.5 Å². The van der Waals surface area contributed by atoms with E-state index in [0.29, 0.717) is 36.1 Å². The number of hydrazine groups is 1. The molecule has 0 aliphatic rings. The number of halogens is 1. The van der Waals surface area contributed by atoms with Gasteiger partial charge in [-0.15, -0.1) is 0 Å². The van der Waals surface area contributed by atoms with Crippen molar-refractivity contribution < 1.29 is 14.5 Å². The Bertz CT molecular complexity index is 467. The van der Waals surface area contributed by atoms with Crippen LogP contribution in [0, 0.1) is 10.1 Å². The van der Waals surface area contributed by atoms with Crippen molar-refractivity contribution in [1.29, 1.82) is 0 Å². The second-order valence-electron chi connectivity index (χ2n) is 3.72. The molecule has 1 amide bonds. The van der Waals surface area contributed by atoms with E-state index in [4.69, 9.17) is 10.6 Å². The van der Waals surface area contributed by atoms with Crippen molar-refractivity contribution in [1.82, 2.24) is 5.43 Å². The van der Waals surface area contributed by atoms with Crippen molar-refractivity contribution >= 4 is 27.5 Å². The molecule has 8 heteroatoms. The van der Waals surface area contributed by atoms with Crippen LogP contribution in [0.4, 0.5) is 5.69 Å². The largest absolute Gasteiger partial charge is 0.492 e. The van der Waals surface area contributed by atoms with Crippen LogP contribution in [0.5, 0.6) is 5.75 Å². The molecule has 0 bridgehead atoms. The van der Waals surface area contributed by atoms with Gasteiger partial charge in [-0.1, -0.05) is 6.07 Å². The van der Waals surface area contributed by atoms with Crippen LogP contribution in [-0.2, 0) is 4.79 Å². The number of amides is 1. The zero-order valence-electron chi connectivity index (χ0n) is 10.1. The maximum atomic E-state index is 10.9. The van der Waals surface area contributed by atoms with Crippen LogP contribution in [0.3, 0.4) is 0 Å². The van der Waals surface area contributed by atoms with Crippen LogP contribution in [0.1, 0.15) is 19.3 Å². The number of hydrogen-bond donors (Lipinski definition) is 2. The number of unbranched alkanes of at least 4 members (excludes halogenated alkanes) is 1. The highest BCUT2D eigenvalue weighted by molar-refractivity contribution is 9.10. The molecule has 7 nitrogen and oxygen atoms in total. The Hall–Kier alpha value is -1.67. The molecule has 3 N–H and O–H groups in total. The smallest absolute Gasteiger partial charge is 0.287 e. The number of benzene rings is 1. The third-order valence-corrected chi connectivity index (χ3v) is 3.15. The van der Waals surface area contributed by atoms with Crippen molar-refractivity contribution in [3.8, 4) is 5.75 Å². The van der Waals surface area contributed by atoms with Crippen molar-refractivity contribution in [2.45, 2.75) is 19.3 Å². The first-order valence-electron chi connectivity index (χ1n) is 5.61. The number of nitrogens with two attached hydrogens (primary N) is 1. The summed E-state index contributed by atoms with van der Waals surface area (Å²) < 4.78 is 5.75. The predicted octanol–water partition coefficient (Wildman–Crippen LogP) is 1.90. The van der Waals surface area contributed by atoms with E-state index >= 15 is 0 Å². The van der Waals surface area contributed by atoms with Crippen LogP contribution in [0.25, 0.3) is 0 Å². The number of nitrogens with zero attached hydrogens (tertiary/aromatic N) is 1. The van der Waals surface area contributed by atoms with Crippen molar-refractivity contribution in [2.24, 2.45) is 5.84 Å². The summed E-state index contributed by atoms with van der Waals surface area (Å²) in [4.78, 5) is 21.1. The topological polar surface area (TPSA) is 107 Å². The maximum absolute atomic E-state index is 10.9. The summed E-state index contributed by atoms with van der Waals surface area (Å²) in [5, 5.41) is 10.7. The van der Waals surface area contributed by atoms with E-state index in [9.17, 15) is 14.9 Å². The summed E-state index contributed by atoms with van der Waals surface area (Å²) in [6.07, 6.45) is 1.62. The minimum Gasteiger partial charge on any atom is -0.492 e. The van der Waals surface area contributed by atoms with E-state index < -0.39 is 4.92 Å². The third-order valence-electron chi connectivity index (χ3n) is 2.36. The van der Waals surface area contributed by atoms with Gasteiger partial charge in [0.25, 0.3) is 5.69 Å². The molecular formula is C11H14BrN3O4. The average molecular weight is 332 g/mol. The summed E-state index contributed by atoms with van der Waals surface area (Å²) in [6.45, 7) is 0.373. The maximum Gasteiger partial charge on any atom is 0.287 e. The Kier molecular flexibility index (Phi) is 6.23. The fourth-order valence-electron chi connectivity index (χ4n) is 1.39. The molecule has 1 aromatic carbocycles. The molecule has 0 unspecified atom stereocenters. The Morgan fingerprint density at radius 3 is 2.84 bits per heavy atom. The van der Waals surface area contributed by atoms with Crippen molar-refractivity contribution in [3.05, 3.63) is 32.8 Å². The molecule has 0 saturated heterocycles. The number of ether oxygens (including phenoxy) is 1. The Labute approximate surface area is 118 Å². The number of nitrogens with one attached hydrogen (secondary N) is 1. The number of carbonyl (C=O) groups excluding carboxylic acids is 1. The zero-order chi connectivity index (χ0) is 14.3. The predicted molar refractivity (Wildman–Crippen MR) is 72.5 cm³/mol. The summed E-state index contributed by atoms with van der Waals surface area (Å²) in [5.74, 6) is 5.13. The SMILES string of the molecule is NNC(=O)CCCCOc1cccc([N+](=O)[O-])c1Br. The Morgan fingerprint density at radius 1 is 1.47 bits per heavy atom. The van der Waals surface area contributed by atoms with Gasteiger partial charge in [-0.2, -0.15) is 0 Å². The second-order valence-corrected chi connectivity index (χ2v) is 4.51. The minimum absolute atomic E-state index is 0.0417. The highest BCUT2D eigenvalue weighted by Crippen LogP contribution is 2.33. The first kappa shape index (κ1) is 15.4. The molecule has 0 saturated carbocycles. The van der Waals surface area contributed by atoms with Gasteiger partial charge < -0.3 is 4.74 Å². The van der Waals surface area contributed by atoms with Gasteiger partial charge in [-0.25, -0.2) is 5.84 Å². The molecule has 0 aliphatic heterocycles. The molecular weight excluding hydrogens is 318 g/mol. The number of nitro groups is 1. The highest BCUT2D eigenvalue weighted by atomic mass is 79.9. The zero-order valence-corrected chi connectivity index (χ0v) is 11.7. The average Bonchev–Trinajstić information content (AvgIpc) is 2.39. The van der Waals surface area contributed by atoms with Crippen LogP contribution in [0.15, 0.2) is 22.7 Å². The van der Waals surface area contributed by atoms with Crippen LogP contribution >= 0.6 is 15.9 Å². The summed E-state index contributed by atoms with van der Waals surface area (Å²) >= 11 is 3.14. The van der Waals surface area contributed by atoms with Crippen LogP contribution < -0.4 is 16.0 Å². The van der Waals surface area contributed by atoms with E-state index in [-0.39, 0.29) is 11.6 Å². The molecule has 0 radical (unpaired) electrons. The fourth-order valence-corrected chi connectivity index (χ4v) is 1.92. The molecule has 104 valence electrons. The molecule has 1 rings (SSSR count). The van der Waals surface area contributed by atoms with Crippen molar-refractivity contribution in [2.75, 3.05) is 6.61 Å². The fraction of sp³-hybridized carbons (Fsp3) is 0.364. The molecule has 19 heavy (non-hydrogen) atoms. The molecule has 0 atom stereocenters. The van der Waals surface area contributed by atoms with Crippen molar-refractivity contribution in [3.63, 3.8) is 0 Å². The van der Waals surface area contributed by atoms with Gasteiger partial charge in [0.2, 0.25) is 5.91 Å². The van der Waals surface area contributed by atoms with Gasteiger partial charge in [0.05, 0.1) is 11.5 Å². The molecule has 0 aromatic heterocycles. The lowest BCUT2D eigenvalue weighted by Crippen LogP contribution is -2.29. The van der Waals surface area contributed by atoms with Gasteiger partial charge >= 0.3 is 0 Å². The van der Waals surface area contributed by atoms with E-state index in [1.165, 1.54) is 6.07 Å². The number of nitro benzene ring substituents is 1. The third kappa shape index (κ3) is 4.84. The number of carbonyl (C=O) groups is 1. The molecule has 0 aliphatic carbocycles. The monoisotopic (exact) mass is 331 g/mol. The normalized spacial score (nSPS) is 10.0. The molecule has 0 spiro atoms. The first-order chi connectivity index (χ1) is 9.06. The Morgan fingerprint density at radius 2 is 2.21 bits per heavy atom. The number of rotatable bonds is 7. The standard InChI is InChI=1S/C11H14BrN3O4/c12-11-8(15(17)18)4-3-5-9(11)19-7-2-1-6-10(16)14-13/h3-5H,1-2,6-7,13H2,(H,14,16). The van der Waals surface area contributed by atoms with Gasteiger partial charge in [0.1, 0.15) is 10.2 Å². The number of hydrogen-bond acceptors (Lipinski definition) is 5. The second kappa shape index (κ2) is 7.70. The van der Waals surface area contributed by atoms with E-state index in [1.54, 1.807) is 12.1 Å². The summed E-state index contributed by atoms with van der Waals surface area (Å²) in [6, 6.07) is 4.59. The van der Waals surface area contributed by atoms with E-state index in [1.807, 2.05) is 5.43 Å². The van der Waals surface area contributed by atoms with E-state index in [0.717, 1.165) is 0 Å². The van der Waals surface area contributed by atoms with Gasteiger partial charge in [-0.05, 0) is 34.8 Å². The lowest BCUT2D eigenvalue weighted by Gasteiger charge is -2.07. The van der Waals surface area contributed by atoms with E-state index in [2.05, 4.69) is 15.9 Å². The lowest BCUT2D eigenvalue weighted by atomic mass is 10.2. The van der Waals surface area contributed by atoms with Crippen LogP contribution in [-0.4, -0.2) is 17.4 Å². The van der Waals surface area contributed by atoms with Gasteiger partial charge in [-0.3, -0.25) is 20.3 Å². The summed E-state index contributed by atoms with van der Waals surface area (Å²) in [5.41, 5.74) is 2.00. The molecule has 0 fully saturated rings. The lowest BCUT2D eigenvalue weighted by molar-refractivity contribution is -0.385. The molecule has 1 aromatic rings. The Balaban J connectivity index is 2.44. The minimum atomic E-state index is -0.484. The van der Waals surface area contributed by atoms with Crippen LogP contribution in [0.2, 0.25) is 0 Å².